The van der Waals surface area contributed by atoms with Gasteiger partial charge in [-0.3, -0.25) is 0 Å². The van der Waals surface area contributed by atoms with E-state index in [1.807, 2.05) is 0 Å². The Bertz CT molecular complexity index is 95.0. The van der Waals surface area contributed by atoms with E-state index in [4.69, 9.17) is 0 Å². The van der Waals surface area contributed by atoms with Crippen LogP contribution in [-0.4, -0.2) is 11.2 Å². The minimum atomic E-state index is -0.0495. The van der Waals surface area contributed by atoms with Crippen LogP contribution in [0.2, 0.25) is 0 Å². The molecule has 1 nitrogen and oxygen atoms in total. The Labute approximate surface area is 69.8 Å². The van der Waals surface area contributed by atoms with Crippen molar-refractivity contribution in [2.24, 2.45) is 5.92 Å². The second-order valence-corrected chi connectivity index (χ2v) is 3.62. The summed E-state index contributed by atoms with van der Waals surface area (Å²) in [5.41, 5.74) is 0. The molecule has 11 heavy (non-hydrogen) atoms. The van der Waals surface area contributed by atoms with Crippen LogP contribution in [0.3, 0.4) is 0 Å². The van der Waals surface area contributed by atoms with Gasteiger partial charge in [-0.1, -0.05) is 26.2 Å². The highest BCUT2D eigenvalue weighted by molar-refractivity contribution is 4.78. The summed E-state index contributed by atoms with van der Waals surface area (Å²) >= 11 is 0. The van der Waals surface area contributed by atoms with Crippen molar-refractivity contribution in [2.45, 2.75) is 51.6 Å². The van der Waals surface area contributed by atoms with Crippen molar-refractivity contribution in [1.29, 1.82) is 0 Å². The molecule has 0 aliphatic heterocycles. The molecule has 1 rings (SSSR count). The third-order valence-electron chi connectivity index (χ3n) is 2.60. The molecule has 1 saturated carbocycles. The first-order chi connectivity index (χ1) is 5.33. The van der Waals surface area contributed by atoms with E-state index in [1.54, 1.807) is 0 Å². The average molecular weight is 155 g/mol. The Balaban J connectivity index is 2.13. The SMILES string of the molecule is CCC(O)CC1C[CH]CCC1. The first kappa shape index (κ1) is 9.05. The Morgan fingerprint density at radius 1 is 1.64 bits per heavy atom. The second-order valence-electron chi connectivity index (χ2n) is 3.62. The maximum atomic E-state index is 9.40. The molecule has 1 aliphatic rings. The van der Waals surface area contributed by atoms with Crippen LogP contribution in [0.15, 0.2) is 0 Å². The Hall–Kier alpha value is -0.0400. The van der Waals surface area contributed by atoms with Gasteiger partial charge in [0.2, 0.25) is 0 Å². The maximum absolute atomic E-state index is 9.40. The molecule has 2 unspecified atom stereocenters. The van der Waals surface area contributed by atoms with Gasteiger partial charge >= 0.3 is 0 Å². The fourth-order valence-electron chi connectivity index (χ4n) is 1.79. The summed E-state index contributed by atoms with van der Waals surface area (Å²) in [6.45, 7) is 2.05. The zero-order valence-electron chi connectivity index (χ0n) is 7.42. The van der Waals surface area contributed by atoms with Gasteiger partial charge in [-0.15, -0.1) is 0 Å². The van der Waals surface area contributed by atoms with Gasteiger partial charge in [0, 0.05) is 0 Å². The van der Waals surface area contributed by atoms with Crippen LogP contribution in [0, 0.1) is 12.3 Å². The van der Waals surface area contributed by atoms with Crippen molar-refractivity contribution in [3.63, 3.8) is 0 Å². The van der Waals surface area contributed by atoms with E-state index in [2.05, 4.69) is 13.3 Å². The zero-order valence-corrected chi connectivity index (χ0v) is 7.42. The van der Waals surface area contributed by atoms with Crippen LogP contribution < -0.4 is 0 Å². The first-order valence-corrected chi connectivity index (χ1v) is 4.82. The van der Waals surface area contributed by atoms with E-state index in [0.717, 1.165) is 18.8 Å². The topological polar surface area (TPSA) is 20.2 Å². The number of aliphatic hydroxyl groups is 1. The number of hydrogen-bond acceptors (Lipinski definition) is 1. The summed E-state index contributed by atoms with van der Waals surface area (Å²) in [6, 6.07) is 0. The summed E-state index contributed by atoms with van der Waals surface area (Å²) in [4.78, 5) is 0. The minimum absolute atomic E-state index is 0.0495. The van der Waals surface area contributed by atoms with E-state index >= 15 is 0 Å². The molecule has 1 radical (unpaired) electrons. The van der Waals surface area contributed by atoms with Gasteiger partial charge in [-0.25, -0.2) is 0 Å². The van der Waals surface area contributed by atoms with Gasteiger partial charge in [0.1, 0.15) is 0 Å². The fourth-order valence-corrected chi connectivity index (χ4v) is 1.79. The number of rotatable bonds is 3. The molecular formula is C10H19O. The van der Waals surface area contributed by atoms with Gasteiger partial charge in [0.25, 0.3) is 0 Å². The second kappa shape index (κ2) is 4.76. The van der Waals surface area contributed by atoms with Crippen LogP contribution in [0.4, 0.5) is 0 Å². The summed E-state index contributed by atoms with van der Waals surface area (Å²) in [7, 11) is 0. The summed E-state index contributed by atoms with van der Waals surface area (Å²) in [5, 5.41) is 9.40. The maximum Gasteiger partial charge on any atom is 0.0540 e. The molecule has 0 aromatic rings. The van der Waals surface area contributed by atoms with Gasteiger partial charge in [-0.05, 0) is 31.6 Å². The average Bonchev–Trinajstić information content (AvgIpc) is 2.06. The molecule has 1 fully saturated rings. The summed E-state index contributed by atoms with van der Waals surface area (Å²) < 4.78 is 0. The molecule has 1 heteroatoms. The Morgan fingerprint density at radius 2 is 2.45 bits per heavy atom. The smallest absolute Gasteiger partial charge is 0.0540 e. The van der Waals surface area contributed by atoms with E-state index in [9.17, 15) is 5.11 Å². The van der Waals surface area contributed by atoms with Crippen LogP contribution in [0.25, 0.3) is 0 Å². The standard InChI is InChI=1S/C10H19O/c1-2-10(11)8-9-6-4-3-5-7-9/h4,9-11H,2-3,5-8H2,1H3. The first-order valence-electron chi connectivity index (χ1n) is 4.82. The minimum Gasteiger partial charge on any atom is -0.393 e. The van der Waals surface area contributed by atoms with Crippen LogP contribution >= 0.6 is 0 Å². The molecule has 2 atom stereocenters. The van der Waals surface area contributed by atoms with Crippen LogP contribution in [0.5, 0.6) is 0 Å². The normalized spacial score (nSPS) is 23.5. The summed E-state index contributed by atoms with van der Waals surface area (Å²) in [6.07, 6.45) is 9.44. The molecule has 0 aromatic heterocycles. The molecule has 1 aliphatic carbocycles. The molecule has 0 aromatic carbocycles. The molecule has 65 valence electrons. The number of hydrogen-bond donors (Lipinski definition) is 1. The molecule has 0 spiro atoms. The van der Waals surface area contributed by atoms with Crippen molar-refractivity contribution in [1.82, 2.24) is 0 Å². The monoisotopic (exact) mass is 155 g/mol. The van der Waals surface area contributed by atoms with Gasteiger partial charge < -0.3 is 5.11 Å². The number of aliphatic hydroxyl groups excluding tert-OH is 1. The lowest BCUT2D eigenvalue weighted by Crippen LogP contribution is -2.15. The van der Waals surface area contributed by atoms with Crippen molar-refractivity contribution in [3.8, 4) is 0 Å². The van der Waals surface area contributed by atoms with E-state index < -0.39 is 0 Å². The van der Waals surface area contributed by atoms with Crippen LogP contribution in [-0.2, 0) is 0 Å². The molecular weight excluding hydrogens is 136 g/mol. The van der Waals surface area contributed by atoms with E-state index in [0.29, 0.717) is 0 Å². The van der Waals surface area contributed by atoms with E-state index in [1.165, 1.54) is 25.7 Å². The predicted molar refractivity (Wildman–Crippen MR) is 47.2 cm³/mol. The third-order valence-corrected chi connectivity index (χ3v) is 2.60. The highest BCUT2D eigenvalue weighted by Gasteiger charge is 2.16. The van der Waals surface area contributed by atoms with Crippen molar-refractivity contribution >= 4 is 0 Å². The zero-order chi connectivity index (χ0) is 8.10. The lowest BCUT2D eigenvalue weighted by molar-refractivity contribution is 0.131. The van der Waals surface area contributed by atoms with Crippen molar-refractivity contribution < 1.29 is 5.11 Å². The molecule has 1 N–H and O–H groups in total. The quantitative estimate of drug-likeness (QED) is 0.664. The lowest BCUT2D eigenvalue weighted by atomic mass is 9.85. The molecule has 0 saturated heterocycles. The van der Waals surface area contributed by atoms with Gasteiger partial charge in [0.15, 0.2) is 0 Å². The largest absolute Gasteiger partial charge is 0.393 e. The van der Waals surface area contributed by atoms with Gasteiger partial charge in [-0.2, -0.15) is 0 Å². The Kier molecular flexibility index (Phi) is 3.92. The Morgan fingerprint density at radius 3 is 3.00 bits per heavy atom. The van der Waals surface area contributed by atoms with Crippen molar-refractivity contribution in [3.05, 3.63) is 6.42 Å². The van der Waals surface area contributed by atoms with Crippen molar-refractivity contribution in [2.75, 3.05) is 0 Å². The fraction of sp³-hybridized carbons (Fsp3) is 0.900. The highest BCUT2D eigenvalue weighted by atomic mass is 16.3. The lowest BCUT2D eigenvalue weighted by Gasteiger charge is -2.23. The highest BCUT2D eigenvalue weighted by Crippen LogP contribution is 2.27. The van der Waals surface area contributed by atoms with Crippen LogP contribution in [0.1, 0.15) is 45.4 Å². The van der Waals surface area contributed by atoms with Gasteiger partial charge in [0.05, 0.1) is 6.10 Å². The summed E-state index contributed by atoms with van der Waals surface area (Å²) in [5.74, 6) is 0.777. The predicted octanol–water partition coefficient (Wildman–Crippen LogP) is 2.54. The molecule has 0 heterocycles. The molecule has 0 bridgehead atoms. The molecule has 0 amide bonds. The third kappa shape index (κ3) is 3.24. The van der Waals surface area contributed by atoms with E-state index in [-0.39, 0.29) is 6.10 Å².